The van der Waals surface area contributed by atoms with Gasteiger partial charge >= 0.3 is 0 Å². The van der Waals surface area contributed by atoms with Gasteiger partial charge in [-0.25, -0.2) is 0 Å². The zero-order valence-corrected chi connectivity index (χ0v) is 9.47. The number of hydrogen-bond donors (Lipinski definition) is 1. The highest BCUT2D eigenvalue weighted by Gasteiger charge is 2.03. The number of non-ortho nitro benzene ring substituents is 1. The molecule has 1 N–H and O–H groups in total. The maximum Gasteiger partial charge on any atom is 0.269 e. The van der Waals surface area contributed by atoms with Crippen molar-refractivity contribution in [3.05, 3.63) is 39.9 Å². The van der Waals surface area contributed by atoms with E-state index in [-0.39, 0.29) is 5.69 Å². The van der Waals surface area contributed by atoms with Crippen LogP contribution < -0.4 is 5.48 Å². The summed E-state index contributed by atoms with van der Waals surface area (Å²) >= 11 is 0. The van der Waals surface area contributed by atoms with Crippen LogP contribution in [0.25, 0.3) is 0 Å². The Balaban J connectivity index is 2.35. The minimum absolute atomic E-state index is 0.104. The van der Waals surface area contributed by atoms with Crippen molar-refractivity contribution >= 4 is 5.69 Å². The van der Waals surface area contributed by atoms with Crippen molar-refractivity contribution in [3.8, 4) is 0 Å². The third-order valence-electron chi connectivity index (χ3n) is 1.94. The van der Waals surface area contributed by atoms with Crippen LogP contribution in [0.1, 0.15) is 19.4 Å². The first-order valence-corrected chi connectivity index (χ1v) is 5.17. The van der Waals surface area contributed by atoms with Gasteiger partial charge in [-0.2, -0.15) is 5.48 Å². The number of rotatable bonds is 6. The predicted molar refractivity (Wildman–Crippen MR) is 60.7 cm³/mol. The zero-order chi connectivity index (χ0) is 12.0. The number of hydrogen-bond acceptors (Lipinski definition) is 4. The molecule has 5 nitrogen and oxygen atoms in total. The lowest BCUT2D eigenvalue weighted by Crippen LogP contribution is -2.17. The molecule has 16 heavy (non-hydrogen) atoms. The quantitative estimate of drug-likeness (QED) is 0.457. The van der Waals surface area contributed by atoms with Crippen LogP contribution in [0.2, 0.25) is 0 Å². The summed E-state index contributed by atoms with van der Waals surface area (Å²) in [5, 5.41) is 10.4. The fourth-order valence-electron chi connectivity index (χ4n) is 1.10. The van der Waals surface area contributed by atoms with Gasteiger partial charge in [0.15, 0.2) is 0 Å². The van der Waals surface area contributed by atoms with Gasteiger partial charge in [-0.15, -0.1) is 0 Å². The van der Waals surface area contributed by atoms with Gasteiger partial charge in [0, 0.05) is 18.7 Å². The van der Waals surface area contributed by atoms with Crippen LogP contribution >= 0.6 is 0 Å². The second kappa shape index (κ2) is 6.19. The Kier molecular flexibility index (Phi) is 4.88. The average molecular weight is 224 g/mol. The lowest BCUT2D eigenvalue weighted by atomic mass is 10.2. The molecule has 0 heterocycles. The van der Waals surface area contributed by atoms with E-state index < -0.39 is 4.92 Å². The molecule has 0 radical (unpaired) electrons. The average Bonchev–Trinajstić information content (AvgIpc) is 2.25. The molecule has 0 bridgehead atoms. The van der Waals surface area contributed by atoms with Crippen molar-refractivity contribution in [1.82, 2.24) is 5.48 Å². The van der Waals surface area contributed by atoms with Gasteiger partial charge in [0.1, 0.15) is 0 Å². The minimum atomic E-state index is -0.410. The third-order valence-corrected chi connectivity index (χ3v) is 1.94. The van der Waals surface area contributed by atoms with E-state index in [1.165, 1.54) is 12.1 Å². The van der Waals surface area contributed by atoms with E-state index in [9.17, 15) is 10.1 Å². The van der Waals surface area contributed by atoms with Crippen molar-refractivity contribution in [2.75, 3.05) is 6.61 Å². The Hall–Kier alpha value is -1.46. The van der Waals surface area contributed by atoms with Crippen LogP contribution in [0.5, 0.6) is 0 Å². The van der Waals surface area contributed by atoms with Gasteiger partial charge in [-0.1, -0.05) is 26.0 Å². The molecule has 0 saturated heterocycles. The first kappa shape index (κ1) is 12.6. The second-order valence-corrected chi connectivity index (χ2v) is 3.95. The molecule has 0 spiro atoms. The number of hydroxylamine groups is 1. The van der Waals surface area contributed by atoms with E-state index in [4.69, 9.17) is 4.84 Å². The number of benzene rings is 1. The standard InChI is InChI=1S/C11H16N2O3/c1-9(2)8-16-12-7-10-3-5-11(6-4-10)13(14)15/h3-6,9,12H,7-8H2,1-2H3. The van der Waals surface area contributed by atoms with Gasteiger partial charge in [0.05, 0.1) is 11.5 Å². The summed E-state index contributed by atoms with van der Waals surface area (Å²) < 4.78 is 0. The first-order chi connectivity index (χ1) is 7.59. The minimum Gasteiger partial charge on any atom is -0.301 e. The molecular weight excluding hydrogens is 208 g/mol. The molecule has 0 atom stereocenters. The largest absolute Gasteiger partial charge is 0.301 e. The molecule has 1 rings (SSSR count). The maximum absolute atomic E-state index is 10.4. The van der Waals surface area contributed by atoms with Gasteiger partial charge in [0.2, 0.25) is 0 Å². The highest BCUT2D eigenvalue weighted by Crippen LogP contribution is 2.11. The van der Waals surface area contributed by atoms with Crippen molar-refractivity contribution in [2.45, 2.75) is 20.4 Å². The van der Waals surface area contributed by atoms with E-state index in [0.29, 0.717) is 19.1 Å². The monoisotopic (exact) mass is 224 g/mol. The molecule has 0 fully saturated rings. The Bertz CT molecular complexity index is 336. The molecule has 0 amide bonds. The second-order valence-electron chi connectivity index (χ2n) is 3.95. The van der Waals surface area contributed by atoms with E-state index >= 15 is 0 Å². The SMILES string of the molecule is CC(C)CONCc1ccc([N+](=O)[O-])cc1. The summed E-state index contributed by atoms with van der Waals surface area (Å²) in [5.74, 6) is 0.476. The van der Waals surface area contributed by atoms with Gasteiger partial charge in [0.25, 0.3) is 5.69 Å². The zero-order valence-electron chi connectivity index (χ0n) is 9.47. The highest BCUT2D eigenvalue weighted by molar-refractivity contribution is 5.32. The molecular formula is C11H16N2O3. The number of nitro groups is 1. The lowest BCUT2D eigenvalue weighted by molar-refractivity contribution is -0.384. The molecule has 5 heteroatoms. The molecule has 0 unspecified atom stereocenters. The molecule has 1 aromatic carbocycles. The molecule has 1 aromatic rings. The first-order valence-electron chi connectivity index (χ1n) is 5.17. The number of nitrogens with zero attached hydrogens (tertiary/aromatic N) is 1. The molecule has 0 aliphatic heterocycles. The Morgan fingerprint density at radius 1 is 1.38 bits per heavy atom. The topological polar surface area (TPSA) is 64.4 Å². The van der Waals surface area contributed by atoms with Crippen LogP contribution in [-0.2, 0) is 11.4 Å². The van der Waals surface area contributed by atoms with Crippen LogP contribution in [0.3, 0.4) is 0 Å². The number of nitrogens with one attached hydrogen (secondary N) is 1. The summed E-state index contributed by atoms with van der Waals surface area (Å²) in [6.07, 6.45) is 0. The Morgan fingerprint density at radius 3 is 2.50 bits per heavy atom. The molecule has 0 saturated carbocycles. The van der Waals surface area contributed by atoms with E-state index in [0.717, 1.165) is 5.56 Å². The van der Waals surface area contributed by atoms with Gasteiger partial charge in [-0.05, 0) is 11.5 Å². The van der Waals surface area contributed by atoms with Crippen LogP contribution in [0.15, 0.2) is 24.3 Å². The van der Waals surface area contributed by atoms with Gasteiger partial charge < -0.3 is 4.84 Å². The summed E-state index contributed by atoms with van der Waals surface area (Å²) in [5.41, 5.74) is 3.87. The van der Waals surface area contributed by atoms with Crippen LogP contribution in [-0.4, -0.2) is 11.5 Å². The summed E-state index contributed by atoms with van der Waals surface area (Å²) in [4.78, 5) is 15.2. The van der Waals surface area contributed by atoms with Crippen LogP contribution in [0.4, 0.5) is 5.69 Å². The molecule has 88 valence electrons. The molecule has 0 aromatic heterocycles. The Morgan fingerprint density at radius 2 is 2.00 bits per heavy atom. The molecule has 0 aliphatic rings. The van der Waals surface area contributed by atoms with E-state index in [1.54, 1.807) is 12.1 Å². The predicted octanol–water partition coefficient (Wildman–Crippen LogP) is 2.27. The van der Waals surface area contributed by atoms with Gasteiger partial charge in [-0.3, -0.25) is 10.1 Å². The van der Waals surface area contributed by atoms with E-state index in [2.05, 4.69) is 19.3 Å². The van der Waals surface area contributed by atoms with Crippen molar-refractivity contribution in [2.24, 2.45) is 5.92 Å². The van der Waals surface area contributed by atoms with Crippen molar-refractivity contribution < 1.29 is 9.76 Å². The molecule has 0 aliphatic carbocycles. The van der Waals surface area contributed by atoms with Crippen molar-refractivity contribution in [1.29, 1.82) is 0 Å². The highest BCUT2D eigenvalue weighted by atomic mass is 16.6. The summed E-state index contributed by atoms with van der Waals surface area (Å²) in [6, 6.07) is 6.40. The fraction of sp³-hybridized carbons (Fsp3) is 0.455. The summed E-state index contributed by atoms with van der Waals surface area (Å²) in [6.45, 7) is 5.32. The van der Waals surface area contributed by atoms with Crippen molar-refractivity contribution in [3.63, 3.8) is 0 Å². The maximum atomic E-state index is 10.4. The third kappa shape index (κ3) is 4.37. The normalized spacial score (nSPS) is 10.7. The number of nitro benzene ring substituents is 1. The fourth-order valence-corrected chi connectivity index (χ4v) is 1.10. The van der Waals surface area contributed by atoms with E-state index in [1.807, 2.05) is 0 Å². The summed E-state index contributed by atoms with van der Waals surface area (Å²) in [7, 11) is 0. The smallest absolute Gasteiger partial charge is 0.269 e. The van der Waals surface area contributed by atoms with Crippen LogP contribution in [0, 0.1) is 16.0 Å². The lowest BCUT2D eigenvalue weighted by Gasteiger charge is -2.07. The Labute approximate surface area is 94.5 Å².